The highest BCUT2D eigenvalue weighted by Gasteiger charge is 2.51. The first kappa shape index (κ1) is 16.0. The second-order valence-corrected chi connectivity index (χ2v) is 6.38. The van der Waals surface area contributed by atoms with E-state index in [1.165, 1.54) is 0 Å². The van der Waals surface area contributed by atoms with Gasteiger partial charge in [-0.25, -0.2) is 0 Å². The highest BCUT2D eigenvalue weighted by atomic mass is 19.4. The molecule has 0 radical (unpaired) electrons. The number of rotatable bonds is 7. The summed E-state index contributed by atoms with van der Waals surface area (Å²) in [5.41, 5.74) is -0.309. The van der Waals surface area contributed by atoms with Crippen molar-refractivity contribution in [1.29, 1.82) is 0 Å². The van der Waals surface area contributed by atoms with Crippen molar-refractivity contribution in [3.05, 3.63) is 0 Å². The third-order valence-corrected chi connectivity index (χ3v) is 4.07. The maximum absolute atomic E-state index is 12.3. The molecule has 2 rings (SSSR count). The van der Waals surface area contributed by atoms with Crippen LogP contribution in [0.15, 0.2) is 0 Å². The zero-order valence-corrected chi connectivity index (χ0v) is 12.1. The molecule has 1 N–H and O–H groups in total. The van der Waals surface area contributed by atoms with E-state index in [1.54, 1.807) is 0 Å². The molecule has 118 valence electrons. The highest BCUT2D eigenvalue weighted by Crippen LogP contribution is 2.48. The minimum Gasteiger partial charge on any atom is -0.377 e. The van der Waals surface area contributed by atoms with Crippen molar-refractivity contribution >= 4 is 0 Å². The molecule has 6 heteroatoms. The standard InChI is InChI=1S/C14H24F3NO2/c1-10(2)18-7-13(8-19-9-14(15,16)17)5-6-20-12(13)11-3-4-11/h10-12,18H,3-9H2,1-2H3. The molecule has 2 atom stereocenters. The maximum Gasteiger partial charge on any atom is 0.411 e. The van der Waals surface area contributed by atoms with Gasteiger partial charge in [0.1, 0.15) is 6.61 Å². The smallest absolute Gasteiger partial charge is 0.377 e. The first-order valence-corrected chi connectivity index (χ1v) is 7.32. The predicted octanol–water partition coefficient (Wildman–Crippen LogP) is 2.75. The van der Waals surface area contributed by atoms with Gasteiger partial charge in [-0.15, -0.1) is 0 Å². The van der Waals surface area contributed by atoms with Crippen LogP contribution in [0, 0.1) is 11.3 Å². The summed E-state index contributed by atoms with van der Waals surface area (Å²) >= 11 is 0. The molecule has 0 amide bonds. The van der Waals surface area contributed by atoms with Crippen LogP contribution >= 0.6 is 0 Å². The van der Waals surface area contributed by atoms with E-state index in [0.29, 0.717) is 25.1 Å². The first-order valence-electron chi connectivity index (χ1n) is 7.32. The molecule has 1 heterocycles. The van der Waals surface area contributed by atoms with Crippen molar-refractivity contribution < 1.29 is 22.6 Å². The predicted molar refractivity (Wildman–Crippen MR) is 69.5 cm³/mol. The van der Waals surface area contributed by atoms with Gasteiger partial charge < -0.3 is 14.8 Å². The Balaban J connectivity index is 1.95. The summed E-state index contributed by atoms with van der Waals surface area (Å²) in [4.78, 5) is 0. The summed E-state index contributed by atoms with van der Waals surface area (Å²) < 4.78 is 47.6. The van der Waals surface area contributed by atoms with E-state index in [1.807, 2.05) is 13.8 Å². The van der Waals surface area contributed by atoms with Crippen molar-refractivity contribution in [3.63, 3.8) is 0 Å². The molecule has 1 saturated heterocycles. The summed E-state index contributed by atoms with van der Waals surface area (Å²) in [6.45, 7) is 4.29. The van der Waals surface area contributed by atoms with Crippen LogP contribution in [-0.4, -0.2) is 44.7 Å². The van der Waals surface area contributed by atoms with Crippen molar-refractivity contribution in [2.24, 2.45) is 11.3 Å². The Morgan fingerprint density at radius 1 is 1.35 bits per heavy atom. The Kier molecular flexibility index (Phi) is 4.97. The van der Waals surface area contributed by atoms with E-state index in [0.717, 1.165) is 19.3 Å². The lowest BCUT2D eigenvalue weighted by molar-refractivity contribution is -0.183. The second kappa shape index (κ2) is 6.20. The fourth-order valence-electron chi connectivity index (χ4n) is 2.91. The van der Waals surface area contributed by atoms with E-state index in [9.17, 15) is 13.2 Å². The Morgan fingerprint density at radius 2 is 2.05 bits per heavy atom. The molecule has 1 saturated carbocycles. The molecule has 3 nitrogen and oxygen atoms in total. The van der Waals surface area contributed by atoms with Gasteiger partial charge in [-0.1, -0.05) is 13.8 Å². The monoisotopic (exact) mass is 295 g/mol. The molecule has 20 heavy (non-hydrogen) atoms. The molecule has 0 aromatic carbocycles. The van der Waals surface area contributed by atoms with Gasteiger partial charge in [-0.05, 0) is 25.2 Å². The van der Waals surface area contributed by atoms with Gasteiger partial charge in [-0.3, -0.25) is 0 Å². The molecule has 2 unspecified atom stereocenters. The number of hydrogen-bond donors (Lipinski definition) is 1. The van der Waals surface area contributed by atoms with Crippen LogP contribution in [0.3, 0.4) is 0 Å². The lowest BCUT2D eigenvalue weighted by Crippen LogP contribution is -2.47. The summed E-state index contributed by atoms with van der Waals surface area (Å²) in [5, 5.41) is 3.35. The van der Waals surface area contributed by atoms with Gasteiger partial charge in [0.15, 0.2) is 0 Å². The van der Waals surface area contributed by atoms with Crippen molar-refractivity contribution in [2.45, 2.75) is 51.4 Å². The first-order chi connectivity index (χ1) is 9.32. The van der Waals surface area contributed by atoms with Gasteiger partial charge in [0, 0.05) is 24.6 Å². The lowest BCUT2D eigenvalue weighted by Gasteiger charge is -2.35. The van der Waals surface area contributed by atoms with Gasteiger partial charge in [-0.2, -0.15) is 13.2 Å². The highest BCUT2D eigenvalue weighted by molar-refractivity contribution is 5.01. The third-order valence-electron chi connectivity index (χ3n) is 4.07. The van der Waals surface area contributed by atoms with Crippen molar-refractivity contribution in [2.75, 3.05) is 26.4 Å². The number of hydrogen-bond acceptors (Lipinski definition) is 3. The molecule has 1 aliphatic heterocycles. The van der Waals surface area contributed by atoms with Crippen LogP contribution in [-0.2, 0) is 9.47 Å². The van der Waals surface area contributed by atoms with Crippen LogP contribution < -0.4 is 5.32 Å². The molecule has 0 spiro atoms. The lowest BCUT2D eigenvalue weighted by atomic mass is 9.79. The Bertz CT molecular complexity index is 318. The van der Waals surface area contributed by atoms with Gasteiger partial charge in [0.05, 0.1) is 12.7 Å². The topological polar surface area (TPSA) is 30.5 Å². The Morgan fingerprint density at radius 3 is 2.60 bits per heavy atom. The van der Waals surface area contributed by atoms with Crippen LogP contribution in [0.2, 0.25) is 0 Å². The summed E-state index contributed by atoms with van der Waals surface area (Å²) in [7, 11) is 0. The number of nitrogens with one attached hydrogen (secondary N) is 1. The third kappa shape index (κ3) is 4.33. The minimum absolute atomic E-state index is 0.0435. The Labute approximate surface area is 118 Å². The molecule has 0 aromatic heterocycles. The quantitative estimate of drug-likeness (QED) is 0.783. The summed E-state index contributed by atoms with van der Waals surface area (Å²) in [5.74, 6) is 0.501. The summed E-state index contributed by atoms with van der Waals surface area (Å²) in [6, 6.07) is 0.301. The number of ether oxygens (including phenoxy) is 2. The van der Waals surface area contributed by atoms with Crippen LogP contribution in [0.5, 0.6) is 0 Å². The van der Waals surface area contributed by atoms with Crippen LogP contribution in [0.1, 0.15) is 33.1 Å². The van der Waals surface area contributed by atoms with Crippen LogP contribution in [0.4, 0.5) is 13.2 Å². The molecular formula is C14H24F3NO2. The normalized spacial score (nSPS) is 31.2. The van der Waals surface area contributed by atoms with Gasteiger partial charge in [0.25, 0.3) is 0 Å². The largest absolute Gasteiger partial charge is 0.411 e. The van der Waals surface area contributed by atoms with Gasteiger partial charge >= 0.3 is 6.18 Å². The Hall–Kier alpha value is -0.330. The molecule has 0 aromatic rings. The van der Waals surface area contributed by atoms with Crippen LogP contribution in [0.25, 0.3) is 0 Å². The summed E-state index contributed by atoms with van der Waals surface area (Å²) in [6.07, 6.45) is -1.21. The molecule has 0 bridgehead atoms. The average molecular weight is 295 g/mol. The van der Waals surface area contributed by atoms with E-state index in [2.05, 4.69) is 5.32 Å². The zero-order chi connectivity index (χ0) is 14.8. The second-order valence-electron chi connectivity index (χ2n) is 6.38. The van der Waals surface area contributed by atoms with Crippen molar-refractivity contribution in [3.8, 4) is 0 Å². The fraction of sp³-hybridized carbons (Fsp3) is 1.00. The van der Waals surface area contributed by atoms with Crippen molar-refractivity contribution in [1.82, 2.24) is 5.32 Å². The average Bonchev–Trinajstić information content (AvgIpc) is 3.08. The minimum atomic E-state index is -4.26. The van der Waals surface area contributed by atoms with E-state index in [4.69, 9.17) is 9.47 Å². The van der Waals surface area contributed by atoms with Gasteiger partial charge in [0.2, 0.25) is 0 Å². The molecule has 2 fully saturated rings. The zero-order valence-electron chi connectivity index (χ0n) is 12.1. The SMILES string of the molecule is CC(C)NCC1(COCC(F)(F)F)CCOC1C1CC1. The molecule has 1 aliphatic carbocycles. The number of alkyl halides is 3. The van der Waals surface area contributed by atoms with E-state index in [-0.39, 0.29) is 18.1 Å². The fourth-order valence-corrected chi connectivity index (χ4v) is 2.91. The van der Waals surface area contributed by atoms with E-state index < -0.39 is 12.8 Å². The molecule has 2 aliphatic rings. The number of halogens is 3. The van der Waals surface area contributed by atoms with E-state index >= 15 is 0 Å². The maximum atomic E-state index is 12.3. The molecular weight excluding hydrogens is 271 g/mol.